The second-order valence-corrected chi connectivity index (χ2v) is 6.05. The lowest BCUT2D eigenvalue weighted by Crippen LogP contribution is -2.05. The molecule has 0 unspecified atom stereocenters. The average Bonchev–Trinajstić information content (AvgIpc) is 2.90. The summed E-state index contributed by atoms with van der Waals surface area (Å²) >= 11 is 0. The third-order valence-corrected chi connectivity index (χ3v) is 4.24. The molecule has 0 radical (unpaired) electrons. The molecule has 2 heteroatoms. The van der Waals surface area contributed by atoms with E-state index >= 15 is 0 Å². The summed E-state index contributed by atoms with van der Waals surface area (Å²) in [6, 6.07) is 15.2. The van der Waals surface area contributed by atoms with Crippen LogP contribution in [0.5, 0.6) is 0 Å². The van der Waals surface area contributed by atoms with Gasteiger partial charge >= 0.3 is 0 Å². The smallest absolute Gasteiger partial charge is 0.0951 e. The van der Waals surface area contributed by atoms with Crippen LogP contribution in [-0.2, 0) is 13.0 Å². The summed E-state index contributed by atoms with van der Waals surface area (Å²) < 4.78 is 2.25. The van der Waals surface area contributed by atoms with Crippen molar-refractivity contribution < 1.29 is 0 Å². The van der Waals surface area contributed by atoms with E-state index in [9.17, 15) is 0 Å². The average molecular weight is 290 g/mol. The normalized spacial score (nSPS) is 10.9. The number of rotatable bonds is 4. The van der Waals surface area contributed by atoms with E-state index in [2.05, 4.69) is 72.8 Å². The zero-order valence-corrected chi connectivity index (χ0v) is 13.5. The van der Waals surface area contributed by atoms with Crippen molar-refractivity contribution in [3.63, 3.8) is 0 Å². The van der Waals surface area contributed by atoms with E-state index in [-0.39, 0.29) is 0 Å². The van der Waals surface area contributed by atoms with Crippen molar-refractivity contribution in [2.75, 3.05) is 0 Å². The first kappa shape index (κ1) is 14.6. The summed E-state index contributed by atoms with van der Waals surface area (Å²) in [6.07, 6.45) is 4.86. The van der Waals surface area contributed by atoms with Crippen molar-refractivity contribution in [3.8, 4) is 0 Å². The molecule has 112 valence electrons. The Morgan fingerprint density at radius 1 is 0.955 bits per heavy atom. The second kappa shape index (κ2) is 6.18. The third-order valence-electron chi connectivity index (χ3n) is 4.24. The van der Waals surface area contributed by atoms with Gasteiger partial charge in [0.05, 0.1) is 6.33 Å². The predicted octanol–water partition coefficient (Wildman–Crippen LogP) is 4.45. The minimum atomic E-state index is 0.877. The number of hydrogen-bond acceptors (Lipinski definition) is 1. The summed E-state index contributed by atoms with van der Waals surface area (Å²) in [5.41, 5.74) is 7.99. The van der Waals surface area contributed by atoms with Crippen LogP contribution in [0.4, 0.5) is 0 Å². The highest BCUT2D eigenvalue weighted by Gasteiger charge is 2.08. The quantitative estimate of drug-likeness (QED) is 0.694. The summed E-state index contributed by atoms with van der Waals surface area (Å²) in [5, 5.41) is 0. The molecule has 2 aromatic carbocycles. The molecular weight excluding hydrogens is 268 g/mol. The Balaban J connectivity index is 1.86. The van der Waals surface area contributed by atoms with Gasteiger partial charge in [-0.3, -0.25) is 0 Å². The van der Waals surface area contributed by atoms with Crippen molar-refractivity contribution in [1.82, 2.24) is 9.55 Å². The summed E-state index contributed by atoms with van der Waals surface area (Å²) in [5.74, 6) is 0. The van der Waals surface area contributed by atoms with Crippen molar-refractivity contribution in [2.45, 2.75) is 33.7 Å². The first-order valence-electron chi connectivity index (χ1n) is 7.73. The van der Waals surface area contributed by atoms with Gasteiger partial charge in [-0.15, -0.1) is 0 Å². The fourth-order valence-corrected chi connectivity index (χ4v) is 2.95. The van der Waals surface area contributed by atoms with Gasteiger partial charge in [0.15, 0.2) is 0 Å². The number of aryl methyl sites for hydroxylation is 3. The molecular formula is C20H22N2. The van der Waals surface area contributed by atoms with Crippen LogP contribution in [0.15, 0.2) is 55.0 Å². The van der Waals surface area contributed by atoms with Crippen LogP contribution in [0.25, 0.3) is 0 Å². The fourth-order valence-electron chi connectivity index (χ4n) is 2.95. The van der Waals surface area contributed by atoms with Gasteiger partial charge in [-0.2, -0.15) is 0 Å². The molecule has 0 saturated carbocycles. The van der Waals surface area contributed by atoms with Gasteiger partial charge in [0.2, 0.25) is 0 Å². The molecule has 3 rings (SSSR count). The van der Waals surface area contributed by atoms with Gasteiger partial charge in [0, 0.05) is 24.9 Å². The Kier molecular flexibility index (Phi) is 4.10. The SMILES string of the molecule is Cc1cccc(Cn2cncc2Cc2c(C)cccc2C)c1. The van der Waals surface area contributed by atoms with Gasteiger partial charge < -0.3 is 4.57 Å². The van der Waals surface area contributed by atoms with E-state index < -0.39 is 0 Å². The largest absolute Gasteiger partial charge is 0.330 e. The molecule has 3 aromatic rings. The maximum atomic E-state index is 4.36. The van der Waals surface area contributed by atoms with Gasteiger partial charge in [-0.1, -0.05) is 48.0 Å². The highest BCUT2D eigenvalue weighted by molar-refractivity contribution is 5.36. The maximum Gasteiger partial charge on any atom is 0.0951 e. The summed E-state index contributed by atoms with van der Waals surface area (Å²) in [4.78, 5) is 4.36. The maximum absolute atomic E-state index is 4.36. The highest BCUT2D eigenvalue weighted by Crippen LogP contribution is 2.18. The van der Waals surface area contributed by atoms with Crippen molar-refractivity contribution in [2.24, 2.45) is 0 Å². The van der Waals surface area contributed by atoms with Crippen LogP contribution in [-0.4, -0.2) is 9.55 Å². The zero-order valence-electron chi connectivity index (χ0n) is 13.5. The Labute approximate surface area is 132 Å². The number of imidazole rings is 1. The monoisotopic (exact) mass is 290 g/mol. The second-order valence-electron chi connectivity index (χ2n) is 6.05. The fraction of sp³-hybridized carbons (Fsp3) is 0.250. The first-order valence-corrected chi connectivity index (χ1v) is 7.73. The van der Waals surface area contributed by atoms with Gasteiger partial charge in [-0.25, -0.2) is 4.98 Å². The molecule has 22 heavy (non-hydrogen) atoms. The van der Waals surface area contributed by atoms with Crippen LogP contribution in [0.2, 0.25) is 0 Å². The molecule has 1 aromatic heterocycles. The third kappa shape index (κ3) is 3.11. The Morgan fingerprint density at radius 2 is 1.68 bits per heavy atom. The molecule has 0 aliphatic rings. The Morgan fingerprint density at radius 3 is 2.41 bits per heavy atom. The number of benzene rings is 2. The van der Waals surface area contributed by atoms with Crippen LogP contribution in [0.1, 0.15) is 33.5 Å². The van der Waals surface area contributed by atoms with Gasteiger partial charge in [-0.05, 0) is 43.0 Å². The predicted molar refractivity (Wildman–Crippen MR) is 91.2 cm³/mol. The van der Waals surface area contributed by atoms with Crippen molar-refractivity contribution >= 4 is 0 Å². The molecule has 0 aliphatic carbocycles. The lowest BCUT2D eigenvalue weighted by Gasteiger charge is -2.12. The van der Waals surface area contributed by atoms with Crippen molar-refractivity contribution in [1.29, 1.82) is 0 Å². The topological polar surface area (TPSA) is 17.8 Å². The standard InChI is InChI=1S/C20H22N2/c1-15-6-4-9-18(10-15)13-22-14-21-12-19(22)11-20-16(2)7-5-8-17(20)3/h4-10,12,14H,11,13H2,1-3H3. The zero-order chi connectivity index (χ0) is 15.5. The van der Waals surface area contributed by atoms with E-state index in [1.807, 2.05) is 12.5 Å². The molecule has 1 heterocycles. The molecule has 0 saturated heterocycles. The van der Waals surface area contributed by atoms with Crippen LogP contribution >= 0.6 is 0 Å². The molecule has 0 fully saturated rings. The Hall–Kier alpha value is -2.35. The minimum Gasteiger partial charge on any atom is -0.330 e. The molecule has 0 bridgehead atoms. The first-order chi connectivity index (χ1) is 10.6. The minimum absolute atomic E-state index is 0.877. The summed E-state index contributed by atoms with van der Waals surface area (Å²) in [7, 11) is 0. The van der Waals surface area contributed by atoms with Crippen LogP contribution < -0.4 is 0 Å². The highest BCUT2D eigenvalue weighted by atomic mass is 15.0. The summed E-state index contributed by atoms with van der Waals surface area (Å²) in [6.45, 7) is 7.38. The molecule has 0 aliphatic heterocycles. The van der Waals surface area contributed by atoms with E-state index in [0.29, 0.717) is 0 Å². The molecule has 2 nitrogen and oxygen atoms in total. The lowest BCUT2D eigenvalue weighted by atomic mass is 9.99. The van der Waals surface area contributed by atoms with Gasteiger partial charge in [0.1, 0.15) is 0 Å². The number of hydrogen-bond donors (Lipinski definition) is 0. The molecule has 0 atom stereocenters. The van der Waals surface area contributed by atoms with Crippen molar-refractivity contribution in [3.05, 3.63) is 88.5 Å². The number of aromatic nitrogens is 2. The van der Waals surface area contributed by atoms with E-state index in [0.717, 1.165) is 13.0 Å². The van der Waals surface area contributed by atoms with Gasteiger partial charge in [0.25, 0.3) is 0 Å². The van der Waals surface area contributed by atoms with E-state index in [1.54, 1.807) is 0 Å². The number of nitrogens with zero attached hydrogens (tertiary/aromatic N) is 2. The van der Waals surface area contributed by atoms with Crippen LogP contribution in [0.3, 0.4) is 0 Å². The Bertz CT molecular complexity index is 764. The molecule has 0 spiro atoms. The van der Waals surface area contributed by atoms with Crippen LogP contribution in [0, 0.1) is 20.8 Å². The van der Waals surface area contributed by atoms with E-state index in [1.165, 1.54) is 33.5 Å². The van der Waals surface area contributed by atoms with E-state index in [4.69, 9.17) is 0 Å². The lowest BCUT2D eigenvalue weighted by molar-refractivity contribution is 0.751. The molecule has 0 N–H and O–H groups in total. The molecule has 0 amide bonds.